The molecule has 1 saturated carbocycles. The summed E-state index contributed by atoms with van der Waals surface area (Å²) in [5, 5.41) is 8.24. The largest absolute Gasteiger partial charge is 0.364 e. The predicted molar refractivity (Wildman–Crippen MR) is 130 cm³/mol. The SMILES string of the molecule is CN=C(/C=C(\C)C1CC1)Cn1nc(C)c(NC(=O)c2cc(C(N)=O)nc3ccccc23)c1C. The van der Waals surface area contributed by atoms with Gasteiger partial charge in [0.2, 0.25) is 0 Å². The molecule has 1 fully saturated rings. The van der Waals surface area contributed by atoms with E-state index < -0.39 is 5.91 Å². The molecular formula is C25H28N6O2. The fourth-order valence-corrected chi connectivity index (χ4v) is 3.96. The summed E-state index contributed by atoms with van der Waals surface area (Å²) < 4.78 is 1.85. The number of fused-ring (bicyclic) bond motifs is 1. The highest BCUT2D eigenvalue weighted by Crippen LogP contribution is 2.36. The summed E-state index contributed by atoms with van der Waals surface area (Å²) in [7, 11) is 1.78. The number of para-hydroxylation sites is 1. The number of aryl methyl sites for hydroxylation is 1. The Morgan fingerprint density at radius 3 is 2.67 bits per heavy atom. The van der Waals surface area contributed by atoms with E-state index in [1.54, 1.807) is 25.2 Å². The van der Waals surface area contributed by atoms with Gasteiger partial charge in [0.25, 0.3) is 11.8 Å². The fraction of sp³-hybridized carbons (Fsp3) is 0.320. The Balaban J connectivity index is 1.63. The number of anilines is 1. The van der Waals surface area contributed by atoms with Gasteiger partial charge in [-0.25, -0.2) is 4.98 Å². The molecule has 0 bridgehead atoms. The molecule has 8 nitrogen and oxygen atoms in total. The monoisotopic (exact) mass is 444 g/mol. The number of carbonyl (C=O) groups excluding carboxylic acids is 2. The van der Waals surface area contributed by atoms with Gasteiger partial charge >= 0.3 is 0 Å². The molecule has 8 heteroatoms. The molecule has 2 heterocycles. The van der Waals surface area contributed by atoms with E-state index in [4.69, 9.17) is 5.73 Å². The van der Waals surface area contributed by atoms with Crippen molar-refractivity contribution in [3.05, 3.63) is 64.6 Å². The van der Waals surface area contributed by atoms with Crippen molar-refractivity contribution >= 4 is 34.1 Å². The third kappa shape index (κ3) is 4.69. The van der Waals surface area contributed by atoms with Crippen LogP contribution in [-0.4, -0.2) is 39.3 Å². The molecule has 2 aromatic heterocycles. The van der Waals surface area contributed by atoms with Crippen molar-refractivity contribution in [1.29, 1.82) is 0 Å². The lowest BCUT2D eigenvalue weighted by molar-refractivity contribution is 0.0996. The molecule has 3 aromatic rings. The van der Waals surface area contributed by atoms with E-state index in [9.17, 15) is 9.59 Å². The number of nitrogens with zero attached hydrogens (tertiary/aromatic N) is 4. The topological polar surface area (TPSA) is 115 Å². The van der Waals surface area contributed by atoms with Crippen LogP contribution in [0.3, 0.4) is 0 Å². The smallest absolute Gasteiger partial charge is 0.267 e. The number of aliphatic imine (C=N–C) groups is 1. The summed E-state index contributed by atoms with van der Waals surface area (Å²) in [4.78, 5) is 33.7. The number of hydrogen-bond donors (Lipinski definition) is 2. The highest BCUT2D eigenvalue weighted by Gasteiger charge is 2.23. The van der Waals surface area contributed by atoms with Gasteiger partial charge in [0, 0.05) is 12.4 Å². The van der Waals surface area contributed by atoms with Crippen molar-refractivity contribution in [3.63, 3.8) is 0 Å². The molecule has 1 aliphatic rings. The van der Waals surface area contributed by atoms with E-state index >= 15 is 0 Å². The maximum atomic E-state index is 13.3. The van der Waals surface area contributed by atoms with Gasteiger partial charge in [-0.2, -0.15) is 5.10 Å². The lowest BCUT2D eigenvalue weighted by atomic mass is 10.1. The number of hydrogen-bond acceptors (Lipinski definition) is 5. The molecular weight excluding hydrogens is 416 g/mol. The van der Waals surface area contributed by atoms with Crippen LogP contribution < -0.4 is 11.1 Å². The van der Waals surface area contributed by atoms with Gasteiger partial charge in [-0.1, -0.05) is 23.8 Å². The first-order valence-corrected chi connectivity index (χ1v) is 11.0. The quantitative estimate of drug-likeness (QED) is 0.539. The number of benzene rings is 1. The zero-order chi connectivity index (χ0) is 23.7. The number of nitrogens with one attached hydrogen (secondary N) is 1. The minimum atomic E-state index is -0.684. The van der Waals surface area contributed by atoms with Crippen LogP contribution in [0.25, 0.3) is 10.9 Å². The zero-order valence-corrected chi connectivity index (χ0v) is 19.3. The summed E-state index contributed by atoms with van der Waals surface area (Å²) in [6.45, 7) is 6.44. The maximum absolute atomic E-state index is 13.3. The Morgan fingerprint density at radius 2 is 2.00 bits per heavy atom. The first kappa shape index (κ1) is 22.4. The molecule has 170 valence electrons. The molecule has 0 unspecified atom stereocenters. The third-order valence-electron chi connectivity index (χ3n) is 6.05. The van der Waals surface area contributed by atoms with Crippen LogP contribution in [0, 0.1) is 19.8 Å². The molecule has 4 rings (SSSR count). The second-order valence-corrected chi connectivity index (χ2v) is 8.47. The molecule has 1 aromatic carbocycles. The molecule has 0 aliphatic heterocycles. The van der Waals surface area contributed by atoms with E-state index in [2.05, 4.69) is 33.4 Å². The Bertz CT molecular complexity index is 1310. The summed E-state index contributed by atoms with van der Waals surface area (Å²) >= 11 is 0. The van der Waals surface area contributed by atoms with E-state index in [1.807, 2.05) is 24.6 Å². The van der Waals surface area contributed by atoms with Crippen molar-refractivity contribution in [1.82, 2.24) is 14.8 Å². The number of pyridine rings is 1. The number of aromatic nitrogens is 3. The van der Waals surface area contributed by atoms with Crippen LogP contribution in [0.4, 0.5) is 5.69 Å². The van der Waals surface area contributed by atoms with Crippen molar-refractivity contribution in [2.45, 2.75) is 40.2 Å². The van der Waals surface area contributed by atoms with Gasteiger partial charge in [-0.15, -0.1) is 0 Å². The molecule has 0 spiro atoms. The van der Waals surface area contributed by atoms with Gasteiger partial charge < -0.3 is 11.1 Å². The second-order valence-electron chi connectivity index (χ2n) is 8.47. The van der Waals surface area contributed by atoms with Crippen molar-refractivity contribution in [2.75, 3.05) is 12.4 Å². The van der Waals surface area contributed by atoms with E-state index in [0.29, 0.717) is 40.3 Å². The van der Waals surface area contributed by atoms with Crippen molar-refractivity contribution in [3.8, 4) is 0 Å². The van der Waals surface area contributed by atoms with Crippen LogP contribution >= 0.6 is 0 Å². The van der Waals surface area contributed by atoms with Crippen LogP contribution in [0.1, 0.15) is 52.0 Å². The van der Waals surface area contributed by atoms with Crippen LogP contribution in [0.5, 0.6) is 0 Å². The van der Waals surface area contributed by atoms with E-state index in [-0.39, 0.29) is 11.6 Å². The molecule has 0 saturated heterocycles. The number of allylic oxidation sites excluding steroid dienone is 2. The average Bonchev–Trinajstić information content (AvgIpc) is 3.62. The number of primary amides is 1. The fourth-order valence-electron chi connectivity index (χ4n) is 3.96. The standard InChI is InChI=1S/C25H28N6O2/c1-14(17-9-10-17)11-18(27-4)13-31-16(3)23(15(2)30-31)29-25(33)20-12-22(24(26)32)28-21-8-6-5-7-19(20)21/h5-8,11-12,17H,9-10,13H2,1-4H3,(H2,26,32)(H,29,33)/b14-11+,27-18?. The van der Waals surface area contributed by atoms with Gasteiger partial charge in [0.15, 0.2) is 0 Å². The normalized spacial score (nSPS) is 14.5. The number of nitrogens with two attached hydrogens (primary N) is 1. The van der Waals surface area contributed by atoms with Crippen molar-refractivity contribution in [2.24, 2.45) is 16.6 Å². The summed E-state index contributed by atoms with van der Waals surface area (Å²) in [6.07, 6.45) is 4.63. The van der Waals surface area contributed by atoms with E-state index in [0.717, 1.165) is 11.4 Å². The number of carbonyl (C=O) groups is 2. The Morgan fingerprint density at radius 1 is 1.27 bits per heavy atom. The third-order valence-corrected chi connectivity index (χ3v) is 6.05. The van der Waals surface area contributed by atoms with Gasteiger partial charge in [0.1, 0.15) is 5.69 Å². The minimum absolute atomic E-state index is 0.0459. The highest BCUT2D eigenvalue weighted by molar-refractivity contribution is 6.14. The first-order chi connectivity index (χ1) is 15.8. The van der Waals surface area contributed by atoms with Crippen LogP contribution in [0.2, 0.25) is 0 Å². The minimum Gasteiger partial charge on any atom is -0.364 e. The highest BCUT2D eigenvalue weighted by atomic mass is 16.2. The molecule has 3 N–H and O–H groups in total. The average molecular weight is 445 g/mol. The van der Waals surface area contributed by atoms with Gasteiger partial charge in [-0.3, -0.25) is 19.3 Å². The molecule has 0 atom stereocenters. The second kappa shape index (κ2) is 8.97. The predicted octanol–water partition coefficient (Wildman–Crippen LogP) is 3.83. The molecule has 33 heavy (non-hydrogen) atoms. The first-order valence-electron chi connectivity index (χ1n) is 11.0. The Labute approximate surface area is 192 Å². The lowest BCUT2D eigenvalue weighted by Gasteiger charge is -2.10. The van der Waals surface area contributed by atoms with Crippen molar-refractivity contribution < 1.29 is 9.59 Å². The van der Waals surface area contributed by atoms with Gasteiger partial charge in [-0.05, 0) is 57.7 Å². The zero-order valence-electron chi connectivity index (χ0n) is 19.3. The summed E-state index contributed by atoms with van der Waals surface area (Å²) in [5.41, 5.74) is 10.8. The molecule has 1 aliphatic carbocycles. The molecule has 0 radical (unpaired) electrons. The number of rotatable bonds is 7. The Kier molecular flexibility index (Phi) is 6.09. The van der Waals surface area contributed by atoms with Crippen LogP contribution in [-0.2, 0) is 6.54 Å². The summed E-state index contributed by atoms with van der Waals surface area (Å²) in [5.74, 6) is -0.357. The molecule has 2 amide bonds. The van der Waals surface area contributed by atoms with Crippen LogP contribution in [0.15, 0.2) is 47.0 Å². The van der Waals surface area contributed by atoms with Gasteiger partial charge in [0.05, 0.1) is 40.4 Å². The lowest BCUT2D eigenvalue weighted by Crippen LogP contribution is -2.18. The maximum Gasteiger partial charge on any atom is 0.267 e. The Hall–Kier alpha value is -3.81. The summed E-state index contributed by atoms with van der Waals surface area (Å²) in [6, 6.07) is 8.59. The van der Waals surface area contributed by atoms with E-state index in [1.165, 1.54) is 24.5 Å². The number of amides is 2.